The van der Waals surface area contributed by atoms with Crippen LogP contribution in [-0.4, -0.2) is 66.8 Å². The van der Waals surface area contributed by atoms with Crippen LogP contribution < -0.4 is 26.6 Å². The van der Waals surface area contributed by atoms with E-state index in [4.69, 9.17) is 27.9 Å². The summed E-state index contributed by atoms with van der Waals surface area (Å²) in [6, 6.07) is 6.19. The van der Waals surface area contributed by atoms with Crippen LogP contribution >= 0.6 is 11.6 Å². The summed E-state index contributed by atoms with van der Waals surface area (Å²) in [4.78, 5) is 17.2. The number of carbonyl (C=O) groups excluding carboxylic acids is 1. The molecule has 2 aromatic carbocycles. The number of nitrogens with zero attached hydrogens (tertiary/aromatic N) is 5. The zero-order valence-electron chi connectivity index (χ0n) is 24.4. The van der Waals surface area contributed by atoms with Gasteiger partial charge in [0.2, 0.25) is 0 Å². The first-order valence-corrected chi connectivity index (χ1v) is 13.2. The van der Waals surface area contributed by atoms with E-state index in [1.54, 1.807) is 25.0 Å². The Morgan fingerprint density at radius 3 is 2.45 bits per heavy atom. The van der Waals surface area contributed by atoms with Crippen molar-refractivity contribution >= 4 is 34.6 Å². The summed E-state index contributed by atoms with van der Waals surface area (Å²) in [6.45, 7) is 3.33. The number of likely N-dealkylation sites (N-methyl/N-ethyl adjacent to an activating group) is 2. The Labute approximate surface area is 248 Å². The number of aromatic nitrogens is 2. The molecule has 0 bridgehead atoms. The first-order valence-electron chi connectivity index (χ1n) is 12.8. The van der Waals surface area contributed by atoms with Crippen molar-refractivity contribution < 1.29 is 22.7 Å². The number of nitrogens with two attached hydrogens (primary N) is 2. The van der Waals surface area contributed by atoms with Crippen molar-refractivity contribution in [3.8, 4) is 5.75 Å². The smallest absolute Gasteiger partial charge is 0.416 e. The number of rotatable bonds is 11. The highest BCUT2D eigenvalue weighted by molar-refractivity contribution is 6.33. The SMILES string of the molecule is COc1c(CN(C)CCN(C)C)cc(C(F)(F)F)cc1NC(=O)c1ccc(Cl)c(N(N)/C=C(\N)c2cnn(C)c2C)c1. The number of hydrogen-bond acceptors (Lipinski definition) is 8. The van der Waals surface area contributed by atoms with Crippen molar-refractivity contribution in [1.29, 1.82) is 0 Å². The van der Waals surface area contributed by atoms with Crippen molar-refractivity contribution in [2.24, 2.45) is 18.6 Å². The number of aryl methyl sites for hydroxylation is 1. The van der Waals surface area contributed by atoms with E-state index in [2.05, 4.69) is 10.4 Å². The minimum Gasteiger partial charge on any atom is -0.494 e. The summed E-state index contributed by atoms with van der Waals surface area (Å²) in [7, 11) is 8.73. The van der Waals surface area contributed by atoms with Crippen LogP contribution in [0.1, 0.15) is 32.7 Å². The van der Waals surface area contributed by atoms with Crippen LogP contribution in [0.15, 0.2) is 42.7 Å². The molecule has 1 aromatic heterocycles. The molecular weight excluding hydrogens is 573 g/mol. The maximum absolute atomic E-state index is 13.8. The molecule has 0 fully saturated rings. The molecule has 0 unspecified atom stereocenters. The molecule has 0 aliphatic heterocycles. The molecule has 3 aromatic rings. The second-order valence-electron chi connectivity index (χ2n) is 10.1. The van der Waals surface area contributed by atoms with Crippen molar-refractivity contribution in [3.63, 3.8) is 0 Å². The number of alkyl halides is 3. The normalized spacial score (nSPS) is 12.3. The van der Waals surface area contributed by atoms with Gasteiger partial charge in [0.1, 0.15) is 5.75 Å². The lowest BCUT2D eigenvalue weighted by molar-refractivity contribution is -0.137. The van der Waals surface area contributed by atoms with Gasteiger partial charge in [-0.3, -0.25) is 14.5 Å². The Bertz CT molecular complexity index is 1460. The summed E-state index contributed by atoms with van der Waals surface area (Å²) < 4.78 is 48.7. The van der Waals surface area contributed by atoms with Crippen LogP contribution in [0.2, 0.25) is 5.02 Å². The van der Waals surface area contributed by atoms with Crippen LogP contribution in [0.4, 0.5) is 24.5 Å². The van der Waals surface area contributed by atoms with Gasteiger partial charge in [0.05, 0.1) is 41.0 Å². The van der Waals surface area contributed by atoms with Gasteiger partial charge in [-0.05, 0) is 58.4 Å². The molecule has 3 rings (SSSR count). The number of hydrazine groups is 1. The third kappa shape index (κ3) is 7.94. The number of carbonyl (C=O) groups is 1. The van der Waals surface area contributed by atoms with E-state index in [0.717, 1.165) is 22.8 Å². The minimum atomic E-state index is -4.64. The van der Waals surface area contributed by atoms with E-state index in [9.17, 15) is 18.0 Å². The molecular formula is C28H36ClF3N8O2. The Morgan fingerprint density at radius 1 is 1.19 bits per heavy atom. The highest BCUT2D eigenvalue weighted by Gasteiger charge is 2.33. The van der Waals surface area contributed by atoms with Crippen molar-refractivity contribution in [1.82, 2.24) is 19.6 Å². The van der Waals surface area contributed by atoms with E-state index < -0.39 is 17.6 Å². The van der Waals surface area contributed by atoms with Gasteiger partial charge in [-0.2, -0.15) is 18.3 Å². The first-order chi connectivity index (χ1) is 19.6. The summed E-state index contributed by atoms with van der Waals surface area (Å²) in [6.07, 6.45) is -1.62. The lowest BCUT2D eigenvalue weighted by atomic mass is 10.1. The predicted octanol–water partition coefficient (Wildman–Crippen LogP) is 4.29. The third-order valence-electron chi connectivity index (χ3n) is 6.63. The molecule has 14 heteroatoms. The molecule has 1 heterocycles. The summed E-state index contributed by atoms with van der Waals surface area (Å²) in [5, 5.41) is 8.11. The van der Waals surface area contributed by atoms with Crippen LogP contribution in [0.25, 0.3) is 5.70 Å². The molecule has 0 spiro atoms. The fraction of sp³-hybridized carbons (Fsp3) is 0.357. The average Bonchev–Trinajstić information content (AvgIpc) is 3.24. The number of methoxy groups -OCH3 is 1. The Morgan fingerprint density at radius 2 is 1.88 bits per heavy atom. The molecule has 0 radical (unpaired) electrons. The predicted molar refractivity (Wildman–Crippen MR) is 159 cm³/mol. The molecule has 228 valence electrons. The standard InChI is InChI=1S/C28H36ClF3N8O2/c1-17-21(14-35-39(17)5)23(33)16-40(34)25-12-18(7-8-22(25)29)27(41)36-24-13-20(28(30,31)32)11-19(26(24)42-6)15-38(4)10-9-37(2)3/h7-8,11-14,16H,9-10,15,33-34H2,1-6H3,(H,36,41)/b23-16-. The fourth-order valence-electron chi connectivity index (χ4n) is 4.16. The Balaban J connectivity index is 1.94. The Hall–Kier alpha value is -3.78. The average molecular weight is 609 g/mol. The van der Waals surface area contributed by atoms with Gasteiger partial charge in [0.15, 0.2) is 0 Å². The molecule has 0 aliphatic carbocycles. The van der Waals surface area contributed by atoms with Gasteiger partial charge >= 0.3 is 6.18 Å². The van der Waals surface area contributed by atoms with E-state index in [1.807, 2.05) is 30.8 Å². The van der Waals surface area contributed by atoms with Gasteiger partial charge in [-0.25, -0.2) is 5.84 Å². The van der Waals surface area contributed by atoms with Gasteiger partial charge in [-0.15, -0.1) is 0 Å². The second kappa shape index (κ2) is 13.5. The lowest BCUT2D eigenvalue weighted by Crippen LogP contribution is -2.28. The lowest BCUT2D eigenvalue weighted by Gasteiger charge is -2.23. The third-order valence-corrected chi connectivity index (χ3v) is 6.95. The van der Waals surface area contributed by atoms with E-state index in [1.165, 1.54) is 31.5 Å². The molecule has 0 aliphatic rings. The topological polar surface area (TPSA) is 118 Å². The van der Waals surface area contributed by atoms with Gasteiger partial charge in [0.25, 0.3) is 5.91 Å². The quantitative estimate of drug-likeness (QED) is 0.218. The second-order valence-corrected chi connectivity index (χ2v) is 10.5. The minimum absolute atomic E-state index is 0.0958. The number of hydrogen-bond donors (Lipinski definition) is 3. The molecule has 5 N–H and O–H groups in total. The highest BCUT2D eigenvalue weighted by atomic mass is 35.5. The summed E-state index contributed by atoms with van der Waals surface area (Å²) in [5.74, 6) is 5.66. The fourth-order valence-corrected chi connectivity index (χ4v) is 4.38. The van der Waals surface area contributed by atoms with Gasteiger partial charge in [0, 0.05) is 55.3 Å². The van der Waals surface area contributed by atoms with Crippen molar-refractivity contribution in [2.45, 2.75) is 19.6 Å². The highest BCUT2D eigenvalue weighted by Crippen LogP contribution is 2.39. The monoisotopic (exact) mass is 608 g/mol. The number of anilines is 2. The molecule has 10 nitrogen and oxygen atoms in total. The Kier molecular flexibility index (Phi) is 10.5. The number of nitrogens with one attached hydrogen (secondary N) is 1. The molecule has 0 atom stereocenters. The molecule has 42 heavy (non-hydrogen) atoms. The van der Waals surface area contributed by atoms with Crippen molar-refractivity contribution in [2.75, 3.05) is 51.7 Å². The number of halogens is 4. The number of ether oxygens (including phenoxy) is 1. The van der Waals surface area contributed by atoms with E-state index in [0.29, 0.717) is 24.4 Å². The van der Waals surface area contributed by atoms with Gasteiger partial charge in [-0.1, -0.05) is 11.6 Å². The number of amides is 1. The van der Waals surface area contributed by atoms with E-state index in [-0.39, 0.29) is 39.8 Å². The first kappa shape index (κ1) is 32.7. The maximum atomic E-state index is 13.8. The summed E-state index contributed by atoms with van der Waals surface area (Å²) in [5.41, 5.74) is 7.59. The largest absolute Gasteiger partial charge is 0.494 e. The number of benzene rings is 2. The van der Waals surface area contributed by atoms with Crippen LogP contribution in [0, 0.1) is 6.92 Å². The zero-order valence-corrected chi connectivity index (χ0v) is 25.1. The molecule has 0 saturated heterocycles. The molecule has 1 amide bonds. The van der Waals surface area contributed by atoms with Gasteiger partial charge < -0.3 is 25.6 Å². The molecule has 0 saturated carbocycles. The zero-order chi connectivity index (χ0) is 31.4. The van der Waals surface area contributed by atoms with Crippen molar-refractivity contribution in [3.05, 3.63) is 75.7 Å². The van der Waals surface area contributed by atoms with Crippen LogP contribution in [0.5, 0.6) is 5.75 Å². The van der Waals surface area contributed by atoms with Crippen LogP contribution in [0.3, 0.4) is 0 Å². The summed E-state index contributed by atoms with van der Waals surface area (Å²) >= 11 is 6.36. The maximum Gasteiger partial charge on any atom is 0.416 e. The van der Waals surface area contributed by atoms with Crippen LogP contribution in [-0.2, 0) is 19.8 Å². The van der Waals surface area contributed by atoms with E-state index >= 15 is 0 Å².